The summed E-state index contributed by atoms with van der Waals surface area (Å²) < 4.78 is 31.1. The topological polar surface area (TPSA) is 67.4 Å². The first-order valence-corrected chi connectivity index (χ1v) is 7.44. The van der Waals surface area contributed by atoms with Crippen molar-refractivity contribution in [1.82, 2.24) is 4.72 Å². The highest BCUT2D eigenvalue weighted by molar-refractivity contribution is 7.89. The molecule has 0 unspecified atom stereocenters. The summed E-state index contributed by atoms with van der Waals surface area (Å²) in [7, 11) is -2.02. The molecule has 0 saturated heterocycles. The Hall–Kier alpha value is -1.11. The Bertz CT molecular complexity index is 460. The Morgan fingerprint density at radius 3 is 2.67 bits per heavy atom. The molecule has 0 aromatic heterocycles. The predicted octanol–water partition coefficient (Wildman–Crippen LogP) is 1.43. The lowest BCUT2D eigenvalue weighted by atomic mass is 10.3. The Balaban J connectivity index is 2.66. The van der Waals surface area contributed by atoms with Crippen molar-refractivity contribution in [1.29, 1.82) is 0 Å². The van der Waals surface area contributed by atoms with Gasteiger partial charge in [0.25, 0.3) is 0 Å². The van der Waals surface area contributed by atoms with Crippen molar-refractivity contribution >= 4 is 15.7 Å². The van der Waals surface area contributed by atoms with Crippen LogP contribution < -0.4 is 10.0 Å². The monoisotopic (exact) mass is 272 g/mol. The number of anilines is 1. The summed E-state index contributed by atoms with van der Waals surface area (Å²) in [6, 6.07) is 6.84. The van der Waals surface area contributed by atoms with E-state index < -0.39 is 10.0 Å². The third kappa shape index (κ3) is 4.29. The van der Waals surface area contributed by atoms with Gasteiger partial charge in [-0.05, 0) is 32.5 Å². The summed E-state index contributed by atoms with van der Waals surface area (Å²) in [6.45, 7) is 3.99. The van der Waals surface area contributed by atoms with E-state index in [9.17, 15) is 8.42 Å². The van der Waals surface area contributed by atoms with Gasteiger partial charge in [0.05, 0.1) is 5.69 Å². The zero-order valence-corrected chi connectivity index (χ0v) is 11.6. The molecule has 0 aliphatic rings. The Kier molecular flexibility index (Phi) is 6.11. The zero-order chi connectivity index (χ0) is 13.4. The first kappa shape index (κ1) is 14.9. The van der Waals surface area contributed by atoms with Gasteiger partial charge >= 0.3 is 0 Å². The normalized spacial score (nSPS) is 11.4. The van der Waals surface area contributed by atoms with Crippen molar-refractivity contribution in [3.63, 3.8) is 0 Å². The van der Waals surface area contributed by atoms with Crippen LogP contribution in [0.5, 0.6) is 0 Å². The lowest BCUT2D eigenvalue weighted by Gasteiger charge is -2.11. The van der Waals surface area contributed by atoms with E-state index in [2.05, 4.69) is 10.0 Å². The number of benzene rings is 1. The molecule has 6 heteroatoms. The minimum Gasteiger partial charge on any atom is -0.384 e. The summed E-state index contributed by atoms with van der Waals surface area (Å²) in [6.07, 6.45) is 0.835. The van der Waals surface area contributed by atoms with Crippen LogP contribution in [0.2, 0.25) is 0 Å². The average Bonchev–Trinajstić information content (AvgIpc) is 2.39. The molecule has 0 amide bonds. The van der Waals surface area contributed by atoms with Gasteiger partial charge in [0.1, 0.15) is 4.90 Å². The maximum Gasteiger partial charge on any atom is 0.242 e. The summed E-state index contributed by atoms with van der Waals surface area (Å²) in [5, 5.41) is 3.11. The summed E-state index contributed by atoms with van der Waals surface area (Å²) in [5.74, 6) is 0. The number of nitrogens with one attached hydrogen (secondary N) is 2. The lowest BCUT2D eigenvalue weighted by molar-refractivity contribution is 0.147. The van der Waals surface area contributed by atoms with Crippen molar-refractivity contribution < 1.29 is 13.2 Å². The van der Waals surface area contributed by atoms with Crippen LogP contribution >= 0.6 is 0 Å². The number of rotatable bonds is 8. The molecule has 1 aromatic rings. The minimum absolute atomic E-state index is 0.268. The number of para-hydroxylation sites is 1. The molecule has 0 spiro atoms. The predicted molar refractivity (Wildman–Crippen MR) is 72.3 cm³/mol. The molecular formula is C12H20N2O3S. The highest BCUT2D eigenvalue weighted by atomic mass is 32.2. The Morgan fingerprint density at radius 1 is 1.28 bits per heavy atom. The minimum atomic E-state index is -3.42. The first-order chi connectivity index (χ1) is 8.61. The molecule has 0 heterocycles. The van der Waals surface area contributed by atoms with Crippen molar-refractivity contribution in [3.8, 4) is 0 Å². The molecule has 0 bridgehead atoms. The fourth-order valence-electron chi connectivity index (χ4n) is 1.50. The van der Waals surface area contributed by atoms with E-state index >= 15 is 0 Å². The van der Waals surface area contributed by atoms with Gasteiger partial charge in [0.2, 0.25) is 10.0 Å². The van der Waals surface area contributed by atoms with Gasteiger partial charge in [0.15, 0.2) is 0 Å². The molecule has 0 aliphatic heterocycles. The highest BCUT2D eigenvalue weighted by Crippen LogP contribution is 2.20. The van der Waals surface area contributed by atoms with Crippen LogP contribution in [0, 0.1) is 0 Å². The molecule has 0 fully saturated rings. The Morgan fingerprint density at radius 2 is 2.00 bits per heavy atom. The fraction of sp³-hybridized carbons (Fsp3) is 0.500. The maximum absolute atomic E-state index is 11.8. The molecule has 1 rings (SSSR count). The van der Waals surface area contributed by atoms with Crippen LogP contribution in [0.3, 0.4) is 0 Å². The van der Waals surface area contributed by atoms with E-state index in [1.54, 1.807) is 24.3 Å². The molecule has 0 radical (unpaired) electrons. The third-order valence-corrected chi connectivity index (χ3v) is 3.90. The van der Waals surface area contributed by atoms with Gasteiger partial charge in [-0.1, -0.05) is 12.1 Å². The SMILES string of the molecule is CCOCCCNc1ccccc1S(=O)(=O)NC. The molecule has 5 nitrogen and oxygen atoms in total. The quantitative estimate of drug-likeness (QED) is 0.703. The molecule has 0 saturated carbocycles. The number of hydrogen-bond donors (Lipinski definition) is 2. The fourth-order valence-corrected chi connectivity index (χ4v) is 2.41. The van der Waals surface area contributed by atoms with E-state index in [1.165, 1.54) is 7.05 Å². The van der Waals surface area contributed by atoms with E-state index in [0.717, 1.165) is 6.42 Å². The molecule has 102 valence electrons. The largest absolute Gasteiger partial charge is 0.384 e. The van der Waals surface area contributed by atoms with Gasteiger partial charge in [0, 0.05) is 19.8 Å². The molecular weight excluding hydrogens is 252 g/mol. The molecule has 0 aliphatic carbocycles. The van der Waals surface area contributed by atoms with Gasteiger partial charge in [-0.25, -0.2) is 13.1 Å². The van der Waals surface area contributed by atoms with Gasteiger partial charge in [-0.3, -0.25) is 0 Å². The summed E-state index contributed by atoms with van der Waals surface area (Å²) in [5.41, 5.74) is 0.614. The second-order valence-electron chi connectivity index (χ2n) is 3.68. The van der Waals surface area contributed by atoms with E-state index in [0.29, 0.717) is 25.4 Å². The maximum atomic E-state index is 11.8. The van der Waals surface area contributed by atoms with Crippen molar-refractivity contribution in [2.24, 2.45) is 0 Å². The summed E-state index contributed by atoms with van der Waals surface area (Å²) >= 11 is 0. The molecule has 18 heavy (non-hydrogen) atoms. The van der Waals surface area contributed by atoms with Crippen LogP contribution in [-0.4, -0.2) is 35.2 Å². The standard InChI is InChI=1S/C12H20N2O3S/c1-3-17-10-6-9-14-11-7-4-5-8-12(11)18(15,16)13-2/h4-5,7-8,13-14H,3,6,9-10H2,1-2H3. The van der Waals surface area contributed by atoms with Gasteiger partial charge < -0.3 is 10.1 Å². The lowest BCUT2D eigenvalue weighted by Crippen LogP contribution is -2.20. The van der Waals surface area contributed by atoms with Gasteiger partial charge in [-0.15, -0.1) is 0 Å². The summed E-state index contributed by atoms with van der Waals surface area (Å²) in [4.78, 5) is 0.268. The smallest absolute Gasteiger partial charge is 0.242 e. The van der Waals surface area contributed by atoms with Crippen molar-refractivity contribution in [2.45, 2.75) is 18.2 Å². The van der Waals surface area contributed by atoms with Crippen LogP contribution in [-0.2, 0) is 14.8 Å². The van der Waals surface area contributed by atoms with Gasteiger partial charge in [-0.2, -0.15) is 0 Å². The van der Waals surface area contributed by atoms with Crippen LogP contribution in [0.15, 0.2) is 29.2 Å². The van der Waals surface area contributed by atoms with Crippen LogP contribution in [0.25, 0.3) is 0 Å². The second-order valence-corrected chi connectivity index (χ2v) is 5.54. The van der Waals surface area contributed by atoms with Crippen LogP contribution in [0.4, 0.5) is 5.69 Å². The Labute approximate surface area is 109 Å². The van der Waals surface area contributed by atoms with E-state index in [1.807, 2.05) is 6.92 Å². The number of ether oxygens (including phenoxy) is 1. The van der Waals surface area contributed by atoms with E-state index in [-0.39, 0.29) is 4.90 Å². The molecule has 0 atom stereocenters. The zero-order valence-electron chi connectivity index (χ0n) is 10.8. The first-order valence-electron chi connectivity index (χ1n) is 5.96. The van der Waals surface area contributed by atoms with Crippen LogP contribution in [0.1, 0.15) is 13.3 Å². The second kappa shape index (κ2) is 7.35. The van der Waals surface area contributed by atoms with E-state index in [4.69, 9.17) is 4.74 Å². The number of sulfonamides is 1. The van der Waals surface area contributed by atoms with Crippen molar-refractivity contribution in [2.75, 3.05) is 32.1 Å². The molecule has 2 N–H and O–H groups in total. The van der Waals surface area contributed by atoms with Crippen molar-refractivity contribution in [3.05, 3.63) is 24.3 Å². The highest BCUT2D eigenvalue weighted by Gasteiger charge is 2.15. The third-order valence-electron chi connectivity index (χ3n) is 2.43. The number of hydrogen-bond acceptors (Lipinski definition) is 4. The average molecular weight is 272 g/mol. The molecule has 1 aromatic carbocycles.